The molecule has 1 heterocycles. The minimum atomic E-state index is -0.966. The number of oxazole rings is 1. The Bertz CT molecular complexity index is 505. The van der Waals surface area contributed by atoms with Crippen molar-refractivity contribution in [2.75, 3.05) is 13.7 Å². The summed E-state index contributed by atoms with van der Waals surface area (Å²) in [6.07, 6.45) is 8.15. The summed E-state index contributed by atoms with van der Waals surface area (Å²) in [5, 5.41) is 10.9. The summed E-state index contributed by atoms with van der Waals surface area (Å²) in [4.78, 5) is 25.2. The minimum Gasteiger partial charge on any atom is -0.478 e. The van der Waals surface area contributed by atoms with Gasteiger partial charge in [0.05, 0.1) is 12.8 Å². The van der Waals surface area contributed by atoms with Crippen LogP contribution in [0.1, 0.15) is 18.0 Å². The molecule has 0 bridgehead atoms. The van der Waals surface area contributed by atoms with E-state index in [4.69, 9.17) is 9.52 Å². The first-order chi connectivity index (χ1) is 9.61. The lowest BCUT2D eigenvalue weighted by Crippen LogP contribution is -2.22. The highest BCUT2D eigenvalue weighted by Crippen LogP contribution is 2.06. The third-order valence-corrected chi connectivity index (χ3v) is 2.21. The maximum absolute atomic E-state index is 10.8. The molecule has 0 atom stereocenters. The number of rotatable bonds is 7. The van der Waals surface area contributed by atoms with Crippen LogP contribution in [0.5, 0.6) is 0 Å². The number of nitrogens with zero attached hydrogens (tertiary/aromatic N) is 1. The molecule has 0 saturated carbocycles. The summed E-state index contributed by atoms with van der Waals surface area (Å²) in [5.41, 5.74) is 0.737. The van der Waals surface area contributed by atoms with Gasteiger partial charge in [-0.3, -0.25) is 0 Å². The standard InChI is InChI=1S/C13H16N2O5/c1-19-13(18)14-8-4-6-11-15-10(9-20-11)5-2-3-7-12(16)17/h3-4,6-7,9H,2,5,8H2,1H3,(H,14,18)(H,16,17)/b6-4+,7-3+. The van der Waals surface area contributed by atoms with Crippen LogP contribution in [-0.4, -0.2) is 35.8 Å². The molecule has 0 radical (unpaired) electrons. The van der Waals surface area contributed by atoms with Gasteiger partial charge < -0.3 is 19.6 Å². The molecule has 0 aliphatic rings. The van der Waals surface area contributed by atoms with E-state index in [1.54, 1.807) is 18.2 Å². The van der Waals surface area contributed by atoms with E-state index < -0.39 is 12.1 Å². The number of carbonyl (C=O) groups excluding carboxylic acids is 1. The molecule has 0 unspecified atom stereocenters. The Labute approximate surface area is 115 Å². The Morgan fingerprint density at radius 3 is 3.00 bits per heavy atom. The van der Waals surface area contributed by atoms with Gasteiger partial charge in [0.15, 0.2) is 0 Å². The SMILES string of the molecule is COC(=O)NC/C=C/c1nc(CC/C=C/C(=O)O)co1. The van der Waals surface area contributed by atoms with Crippen molar-refractivity contribution in [2.45, 2.75) is 12.8 Å². The molecular formula is C13H16N2O5. The number of methoxy groups -OCH3 is 1. The molecule has 7 nitrogen and oxygen atoms in total. The van der Waals surface area contributed by atoms with Crippen molar-refractivity contribution in [3.63, 3.8) is 0 Å². The molecule has 2 N–H and O–H groups in total. The Morgan fingerprint density at radius 2 is 2.30 bits per heavy atom. The number of carboxylic acid groups (broad SMARTS) is 1. The normalized spacial score (nSPS) is 11.1. The number of carboxylic acids is 1. The summed E-state index contributed by atoms with van der Waals surface area (Å²) in [5.74, 6) is -0.541. The fourth-order valence-electron chi connectivity index (χ4n) is 1.30. The largest absolute Gasteiger partial charge is 0.478 e. The van der Waals surface area contributed by atoms with Crippen LogP contribution in [-0.2, 0) is 16.0 Å². The molecule has 0 spiro atoms. The highest BCUT2D eigenvalue weighted by atomic mass is 16.5. The van der Waals surface area contributed by atoms with Gasteiger partial charge in [0.2, 0.25) is 5.89 Å². The molecule has 0 aromatic carbocycles. The Hall–Kier alpha value is -2.57. The molecule has 1 amide bonds. The van der Waals surface area contributed by atoms with Crippen molar-refractivity contribution in [1.82, 2.24) is 10.3 Å². The smallest absolute Gasteiger partial charge is 0.407 e. The molecule has 1 aromatic rings. The van der Waals surface area contributed by atoms with Gasteiger partial charge in [0.25, 0.3) is 0 Å². The van der Waals surface area contributed by atoms with Gasteiger partial charge in [-0.1, -0.05) is 12.2 Å². The molecule has 1 aromatic heterocycles. The Balaban J connectivity index is 2.33. The molecule has 1 rings (SSSR count). The number of nitrogens with one attached hydrogen (secondary N) is 1. The van der Waals surface area contributed by atoms with E-state index >= 15 is 0 Å². The van der Waals surface area contributed by atoms with E-state index in [-0.39, 0.29) is 0 Å². The van der Waals surface area contributed by atoms with Gasteiger partial charge in [-0.05, 0) is 18.9 Å². The number of hydrogen-bond donors (Lipinski definition) is 2. The predicted octanol–water partition coefficient (Wildman–Crippen LogP) is 1.62. The van der Waals surface area contributed by atoms with Gasteiger partial charge in [-0.25, -0.2) is 14.6 Å². The summed E-state index contributed by atoms with van der Waals surface area (Å²) >= 11 is 0. The number of amides is 1. The van der Waals surface area contributed by atoms with Crippen LogP contribution in [0.25, 0.3) is 6.08 Å². The molecular weight excluding hydrogens is 264 g/mol. The number of aliphatic carboxylic acids is 1. The second-order valence-electron chi connectivity index (χ2n) is 3.73. The first-order valence-corrected chi connectivity index (χ1v) is 5.94. The van der Waals surface area contributed by atoms with Crippen molar-refractivity contribution in [3.8, 4) is 0 Å². The maximum Gasteiger partial charge on any atom is 0.407 e. The van der Waals surface area contributed by atoms with Crippen LogP contribution in [0.15, 0.2) is 28.9 Å². The first kappa shape index (κ1) is 15.5. The molecule has 20 heavy (non-hydrogen) atoms. The molecule has 0 saturated heterocycles. The zero-order chi connectivity index (χ0) is 14.8. The van der Waals surface area contributed by atoms with Crippen molar-refractivity contribution < 1.29 is 23.8 Å². The molecule has 0 aliphatic carbocycles. The topological polar surface area (TPSA) is 102 Å². The van der Waals surface area contributed by atoms with Crippen molar-refractivity contribution >= 4 is 18.1 Å². The zero-order valence-electron chi connectivity index (χ0n) is 11.0. The summed E-state index contributed by atoms with van der Waals surface area (Å²) < 4.78 is 9.60. The van der Waals surface area contributed by atoms with Crippen LogP contribution in [0, 0.1) is 0 Å². The lowest BCUT2D eigenvalue weighted by Gasteiger charge is -1.97. The van der Waals surface area contributed by atoms with Crippen LogP contribution < -0.4 is 5.32 Å². The average molecular weight is 280 g/mol. The lowest BCUT2D eigenvalue weighted by molar-refractivity contribution is -0.131. The minimum absolute atomic E-state index is 0.311. The van der Waals surface area contributed by atoms with E-state index in [2.05, 4.69) is 15.0 Å². The number of aromatic nitrogens is 1. The number of ether oxygens (including phenoxy) is 1. The predicted molar refractivity (Wildman–Crippen MR) is 71.0 cm³/mol. The maximum atomic E-state index is 10.8. The number of hydrogen-bond acceptors (Lipinski definition) is 5. The Kier molecular flexibility index (Phi) is 6.60. The summed E-state index contributed by atoms with van der Waals surface area (Å²) in [6.45, 7) is 0.311. The van der Waals surface area contributed by atoms with Gasteiger partial charge in [-0.2, -0.15) is 0 Å². The van der Waals surface area contributed by atoms with Crippen molar-refractivity contribution in [2.24, 2.45) is 0 Å². The third-order valence-electron chi connectivity index (χ3n) is 2.21. The Morgan fingerprint density at radius 1 is 1.50 bits per heavy atom. The lowest BCUT2D eigenvalue weighted by atomic mass is 10.2. The van der Waals surface area contributed by atoms with Gasteiger partial charge in [0, 0.05) is 12.6 Å². The fraction of sp³-hybridized carbons (Fsp3) is 0.308. The molecule has 7 heteroatoms. The van der Waals surface area contributed by atoms with Gasteiger partial charge >= 0.3 is 12.1 Å². The van der Waals surface area contributed by atoms with Crippen LogP contribution in [0.3, 0.4) is 0 Å². The highest BCUT2D eigenvalue weighted by molar-refractivity contribution is 5.79. The fourth-order valence-corrected chi connectivity index (χ4v) is 1.30. The summed E-state index contributed by atoms with van der Waals surface area (Å²) in [6, 6.07) is 0. The molecule has 108 valence electrons. The van der Waals surface area contributed by atoms with E-state index in [1.165, 1.54) is 13.4 Å². The summed E-state index contributed by atoms with van der Waals surface area (Å²) in [7, 11) is 1.29. The quantitative estimate of drug-likeness (QED) is 0.736. The second kappa shape index (κ2) is 8.52. The number of alkyl carbamates (subject to hydrolysis) is 1. The van der Waals surface area contributed by atoms with Gasteiger partial charge in [-0.15, -0.1) is 0 Å². The monoisotopic (exact) mass is 280 g/mol. The number of aryl methyl sites for hydroxylation is 1. The van der Waals surface area contributed by atoms with Gasteiger partial charge in [0.1, 0.15) is 6.26 Å². The van der Waals surface area contributed by atoms with E-state index in [1.807, 2.05) is 0 Å². The van der Waals surface area contributed by atoms with E-state index in [0.717, 1.165) is 11.8 Å². The second-order valence-corrected chi connectivity index (χ2v) is 3.73. The van der Waals surface area contributed by atoms with Crippen LogP contribution in [0.2, 0.25) is 0 Å². The zero-order valence-corrected chi connectivity index (χ0v) is 11.0. The van der Waals surface area contributed by atoms with Crippen molar-refractivity contribution in [3.05, 3.63) is 36.1 Å². The molecule has 0 aliphatic heterocycles. The van der Waals surface area contributed by atoms with E-state index in [0.29, 0.717) is 25.3 Å². The van der Waals surface area contributed by atoms with E-state index in [9.17, 15) is 9.59 Å². The average Bonchev–Trinajstić information content (AvgIpc) is 2.87. The molecule has 0 fully saturated rings. The van der Waals surface area contributed by atoms with Crippen LogP contribution in [0.4, 0.5) is 4.79 Å². The highest BCUT2D eigenvalue weighted by Gasteiger charge is 2.00. The number of allylic oxidation sites excluding steroid dienone is 1. The van der Waals surface area contributed by atoms with Crippen LogP contribution >= 0.6 is 0 Å². The third kappa shape index (κ3) is 6.39. The van der Waals surface area contributed by atoms with Crippen molar-refractivity contribution in [1.29, 1.82) is 0 Å². The number of carbonyl (C=O) groups is 2. The first-order valence-electron chi connectivity index (χ1n) is 5.94.